The highest BCUT2D eigenvalue weighted by molar-refractivity contribution is 5.90. The summed E-state index contributed by atoms with van der Waals surface area (Å²) in [5, 5.41) is 0. The number of hydrogen-bond acceptors (Lipinski definition) is 1. The van der Waals surface area contributed by atoms with Gasteiger partial charge < -0.3 is 5.73 Å². The highest BCUT2D eigenvalue weighted by atomic mass is 14.6. The molecule has 144 valence electrons. The molecule has 0 aliphatic heterocycles. The molecule has 4 aromatic rings. The van der Waals surface area contributed by atoms with Gasteiger partial charge in [0.25, 0.3) is 0 Å². The molecule has 0 saturated carbocycles. The van der Waals surface area contributed by atoms with E-state index in [1.54, 1.807) is 0 Å². The number of hydrogen-bond donors (Lipinski definition) is 1. The van der Waals surface area contributed by atoms with Crippen LogP contribution in [-0.4, -0.2) is 0 Å². The fourth-order valence-corrected chi connectivity index (χ4v) is 3.68. The van der Waals surface area contributed by atoms with Gasteiger partial charge in [-0.1, -0.05) is 99.6 Å². The molecule has 1 heteroatoms. The summed E-state index contributed by atoms with van der Waals surface area (Å²) in [6.07, 6.45) is 0. The molecule has 0 heterocycles. The van der Waals surface area contributed by atoms with Gasteiger partial charge in [-0.2, -0.15) is 0 Å². The van der Waals surface area contributed by atoms with Gasteiger partial charge in [0.15, 0.2) is 0 Å². The zero-order chi connectivity index (χ0) is 20.4. The van der Waals surface area contributed by atoms with E-state index in [0.29, 0.717) is 0 Å². The van der Waals surface area contributed by atoms with Gasteiger partial charge in [-0.25, -0.2) is 0 Å². The van der Waals surface area contributed by atoms with Crippen LogP contribution in [0.4, 0.5) is 5.69 Å². The van der Waals surface area contributed by atoms with Crippen LogP contribution in [0.1, 0.15) is 26.3 Å². The lowest BCUT2D eigenvalue weighted by atomic mass is 9.82. The smallest absolute Gasteiger partial charge is 0.0473 e. The van der Waals surface area contributed by atoms with Crippen molar-refractivity contribution in [1.29, 1.82) is 0 Å². The number of rotatable bonds is 3. The Morgan fingerprint density at radius 3 is 1.59 bits per heavy atom. The van der Waals surface area contributed by atoms with Crippen molar-refractivity contribution in [2.75, 3.05) is 5.73 Å². The minimum absolute atomic E-state index is 0.0308. The first-order chi connectivity index (χ1) is 13.9. The average Bonchev–Trinajstić information content (AvgIpc) is 2.74. The Labute approximate surface area is 173 Å². The molecule has 1 nitrogen and oxygen atoms in total. The fourth-order valence-electron chi connectivity index (χ4n) is 3.68. The zero-order valence-electron chi connectivity index (χ0n) is 17.3. The van der Waals surface area contributed by atoms with Crippen molar-refractivity contribution in [2.24, 2.45) is 0 Å². The SMILES string of the molecule is CC(C)(C)c1cc(-c2ccccc2)c(N)c(-c2cccc(-c3ccccc3)c2)c1. The average molecular weight is 378 g/mol. The monoisotopic (exact) mass is 377 g/mol. The second-order valence-electron chi connectivity index (χ2n) is 8.55. The van der Waals surface area contributed by atoms with Crippen molar-refractivity contribution >= 4 is 5.69 Å². The molecule has 0 saturated heterocycles. The minimum Gasteiger partial charge on any atom is -0.398 e. The van der Waals surface area contributed by atoms with Gasteiger partial charge in [-0.05, 0) is 51.4 Å². The number of nitrogen functional groups attached to an aromatic ring is 1. The summed E-state index contributed by atoms with van der Waals surface area (Å²) in [6.45, 7) is 6.74. The summed E-state index contributed by atoms with van der Waals surface area (Å²) < 4.78 is 0. The summed E-state index contributed by atoms with van der Waals surface area (Å²) in [5.41, 5.74) is 15.8. The van der Waals surface area contributed by atoms with Gasteiger partial charge >= 0.3 is 0 Å². The van der Waals surface area contributed by atoms with Gasteiger partial charge in [-0.15, -0.1) is 0 Å². The Morgan fingerprint density at radius 2 is 1.00 bits per heavy atom. The van der Waals surface area contributed by atoms with Crippen LogP contribution in [-0.2, 0) is 5.41 Å². The summed E-state index contributed by atoms with van der Waals surface area (Å²) in [5.74, 6) is 0. The van der Waals surface area contributed by atoms with Crippen molar-refractivity contribution in [2.45, 2.75) is 26.2 Å². The molecule has 0 aliphatic rings. The normalized spacial score (nSPS) is 11.4. The van der Waals surface area contributed by atoms with E-state index in [1.165, 1.54) is 16.7 Å². The molecule has 0 unspecified atom stereocenters. The lowest BCUT2D eigenvalue weighted by molar-refractivity contribution is 0.591. The Morgan fingerprint density at radius 1 is 0.517 bits per heavy atom. The first-order valence-corrected chi connectivity index (χ1v) is 10.1. The van der Waals surface area contributed by atoms with E-state index in [-0.39, 0.29) is 5.41 Å². The van der Waals surface area contributed by atoms with Crippen LogP contribution in [0.2, 0.25) is 0 Å². The topological polar surface area (TPSA) is 26.0 Å². The van der Waals surface area contributed by atoms with E-state index in [1.807, 2.05) is 12.1 Å². The van der Waals surface area contributed by atoms with Gasteiger partial charge in [-0.3, -0.25) is 0 Å². The maximum Gasteiger partial charge on any atom is 0.0473 e. The molecule has 0 bridgehead atoms. The maximum atomic E-state index is 6.75. The molecule has 4 aromatic carbocycles. The van der Waals surface area contributed by atoms with E-state index in [0.717, 1.165) is 27.9 Å². The molecule has 0 aromatic heterocycles. The minimum atomic E-state index is 0.0308. The first kappa shape index (κ1) is 19.0. The number of benzene rings is 4. The lowest BCUT2D eigenvalue weighted by Crippen LogP contribution is -2.12. The van der Waals surface area contributed by atoms with E-state index >= 15 is 0 Å². The highest BCUT2D eigenvalue weighted by Gasteiger charge is 2.19. The molecule has 0 fully saturated rings. The Kier molecular flexibility index (Phi) is 4.98. The van der Waals surface area contributed by atoms with Crippen LogP contribution in [0.3, 0.4) is 0 Å². The van der Waals surface area contributed by atoms with Crippen LogP contribution in [0, 0.1) is 0 Å². The van der Waals surface area contributed by atoms with Crippen LogP contribution in [0.25, 0.3) is 33.4 Å². The second-order valence-corrected chi connectivity index (χ2v) is 8.55. The third-order valence-corrected chi connectivity index (χ3v) is 5.41. The molecule has 2 N–H and O–H groups in total. The largest absolute Gasteiger partial charge is 0.398 e. The summed E-state index contributed by atoms with van der Waals surface area (Å²) in [6, 6.07) is 34.1. The standard InChI is InChI=1S/C28H27N/c1-28(2,3)24-18-25(21-13-8-5-9-14-21)27(29)26(19-24)23-16-10-15-22(17-23)20-11-6-4-7-12-20/h4-19H,29H2,1-3H3. The van der Waals surface area contributed by atoms with Crippen LogP contribution in [0.15, 0.2) is 97.1 Å². The number of nitrogens with two attached hydrogens (primary N) is 1. The quantitative estimate of drug-likeness (QED) is 0.366. The fraction of sp³-hybridized carbons (Fsp3) is 0.143. The van der Waals surface area contributed by atoms with Crippen molar-refractivity contribution in [1.82, 2.24) is 0 Å². The predicted octanol–water partition coefficient (Wildman–Crippen LogP) is 7.57. The number of anilines is 1. The van der Waals surface area contributed by atoms with Crippen LogP contribution >= 0.6 is 0 Å². The third kappa shape index (κ3) is 3.95. The molecule has 0 atom stereocenters. The van der Waals surface area contributed by atoms with E-state index in [2.05, 4.69) is 106 Å². The summed E-state index contributed by atoms with van der Waals surface area (Å²) >= 11 is 0. The van der Waals surface area contributed by atoms with Gasteiger partial charge in [0.2, 0.25) is 0 Å². The summed E-state index contributed by atoms with van der Waals surface area (Å²) in [4.78, 5) is 0. The van der Waals surface area contributed by atoms with E-state index in [4.69, 9.17) is 5.73 Å². The molecular formula is C28H27N. The molecular weight excluding hydrogens is 350 g/mol. The third-order valence-electron chi connectivity index (χ3n) is 5.41. The van der Waals surface area contributed by atoms with Crippen molar-refractivity contribution < 1.29 is 0 Å². The van der Waals surface area contributed by atoms with Gasteiger partial charge in [0.1, 0.15) is 0 Å². The zero-order valence-corrected chi connectivity index (χ0v) is 17.3. The predicted molar refractivity (Wildman–Crippen MR) is 126 cm³/mol. The molecule has 29 heavy (non-hydrogen) atoms. The molecule has 0 spiro atoms. The Balaban J connectivity index is 1.92. The van der Waals surface area contributed by atoms with Crippen molar-refractivity contribution in [3.63, 3.8) is 0 Å². The first-order valence-electron chi connectivity index (χ1n) is 10.1. The van der Waals surface area contributed by atoms with Crippen molar-refractivity contribution in [3.05, 3.63) is 103 Å². The molecule has 0 radical (unpaired) electrons. The lowest BCUT2D eigenvalue weighted by Gasteiger charge is -2.23. The van der Waals surface area contributed by atoms with E-state index < -0.39 is 0 Å². The maximum absolute atomic E-state index is 6.75. The molecule has 0 amide bonds. The van der Waals surface area contributed by atoms with Crippen LogP contribution in [0.5, 0.6) is 0 Å². The van der Waals surface area contributed by atoms with Crippen LogP contribution < -0.4 is 5.73 Å². The van der Waals surface area contributed by atoms with Gasteiger partial charge in [0.05, 0.1) is 0 Å². The van der Waals surface area contributed by atoms with E-state index in [9.17, 15) is 0 Å². The highest BCUT2D eigenvalue weighted by Crippen LogP contribution is 2.40. The molecule has 0 aliphatic carbocycles. The van der Waals surface area contributed by atoms with Gasteiger partial charge in [0, 0.05) is 16.8 Å². The van der Waals surface area contributed by atoms with Crippen molar-refractivity contribution in [3.8, 4) is 33.4 Å². The molecule has 4 rings (SSSR count). The second kappa shape index (κ2) is 7.60. The summed E-state index contributed by atoms with van der Waals surface area (Å²) in [7, 11) is 0. The Bertz CT molecular complexity index is 1120. The Hall–Kier alpha value is -3.32.